The summed E-state index contributed by atoms with van der Waals surface area (Å²) < 4.78 is 5.52. The third kappa shape index (κ3) is 4.56. The molecule has 0 heterocycles. The Bertz CT molecular complexity index is 659. The lowest BCUT2D eigenvalue weighted by Gasteiger charge is -2.17. The Labute approximate surface area is 133 Å². The Morgan fingerprint density at radius 1 is 1.23 bits per heavy atom. The van der Waals surface area contributed by atoms with E-state index in [9.17, 15) is 9.90 Å². The number of aromatic hydroxyl groups is 1. The molecule has 5 nitrogen and oxygen atoms in total. The number of carbonyl (C=O) groups excluding carboxylic acids is 1. The molecule has 0 aliphatic carbocycles. The summed E-state index contributed by atoms with van der Waals surface area (Å²) in [5, 5.41) is 15.2. The molecule has 1 atom stereocenters. The van der Waals surface area contributed by atoms with Gasteiger partial charge in [-0.15, -0.1) is 0 Å². The predicted octanol–water partition coefficient (Wildman–Crippen LogP) is 3.90. The van der Waals surface area contributed by atoms with Crippen LogP contribution in [0.3, 0.4) is 0 Å². The first-order valence-corrected chi connectivity index (χ1v) is 7.11. The minimum atomic E-state index is -0.530. The molecule has 0 aromatic heterocycles. The summed E-state index contributed by atoms with van der Waals surface area (Å²) in [4.78, 5) is 11.9. The third-order valence-electron chi connectivity index (χ3n) is 2.92. The molecule has 0 bridgehead atoms. The van der Waals surface area contributed by atoms with Crippen molar-refractivity contribution in [2.75, 3.05) is 5.32 Å². The van der Waals surface area contributed by atoms with Crippen LogP contribution in [-0.2, 0) is 0 Å². The standard InChI is InChI=1S/C16H17ClN2O3/c1-10-9-12(17)3-8-15(10)19-16(21)18-11(2)22-14-6-4-13(20)5-7-14/h3-9,11,20H,1-2H3,(H2,18,19,21). The number of carbonyl (C=O) groups is 1. The molecule has 0 saturated carbocycles. The van der Waals surface area contributed by atoms with Gasteiger partial charge < -0.3 is 20.5 Å². The molecule has 0 spiro atoms. The van der Waals surface area contributed by atoms with Gasteiger partial charge in [0.25, 0.3) is 0 Å². The number of anilines is 1. The third-order valence-corrected chi connectivity index (χ3v) is 3.16. The number of nitrogens with one attached hydrogen (secondary N) is 2. The molecular formula is C16H17ClN2O3. The van der Waals surface area contributed by atoms with Gasteiger partial charge in [0.2, 0.25) is 0 Å². The van der Waals surface area contributed by atoms with Gasteiger partial charge in [0.1, 0.15) is 11.5 Å². The summed E-state index contributed by atoms with van der Waals surface area (Å²) in [6.07, 6.45) is -0.530. The molecule has 2 amide bonds. The van der Waals surface area contributed by atoms with E-state index in [1.165, 1.54) is 12.1 Å². The van der Waals surface area contributed by atoms with Crippen LogP contribution in [0.2, 0.25) is 5.02 Å². The normalized spacial score (nSPS) is 11.6. The number of hydrogen-bond donors (Lipinski definition) is 3. The Hall–Kier alpha value is -2.40. The lowest BCUT2D eigenvalue weighted by molar-refractivity contribution is 0.183. The first kappa shape index (κ1) is 16.0. The fourth-order valence-corrected chi connectivity index (χ4v) is 2.10. The van der Waals surface area contributed by atoms with E-state index in [1.54, 1.807) is 37.3 Å². The zero-order valence-corrected chi connectivity index (χ0v) is 13.0. The number of phenolic OH excluding ortho intramolecular Hbond substituents is 1. The number of halogens is 1. The van der Waals surface area contributed by atoms with Crippen molar-refractivity contribution in [2.45, 2.75) is 20.1 Å². The molecule has 0 saturated heterocycles. The van der Waals surface area contributed by atoms with Crippen molar-refractivity contribution in [1.82, 2.24) is 5.32 Å². The van der Waals surface area contributed by atoms with E-state index in [4.69, 9.17) is 16.3 Å². The van der Waals surface area contributed by atoms with E-state index in [1.807, 2.05) is 6.92 Å². The maximum Gasteiger partial charge on any atom is 0.322 e. The number of aryl methyl sites for hydroxylation is 1. The summed E-state index contributed by atoms with van der Waals surface area (Å²) in [6.45, 7) is 3.57. The van der Waals surface area contributed by atoms with Crippen LogP contribution in [0.15, 0.2) is 42.5 Å². The molecule has 0 fully saturated rings. The highest BCUT2D eigenvalue weighted by Crippen LogP contribution is 2.20. The second-order valence-corrected chi connectivity index (χ2v) is 5.25. The van der Waals surface area contributed by atoms with Crippen LogP contribution in [0.25, 0.3) is 0 Å². The quantitative estimate of drug-likeness (QED) is 0.748. The minimum absolute atomic E-state index is 0.156. The van der Waals surface area contributed by atoms with Gasteiger partial charge in [-0.1, -0.05) is 11.6 Å². The smallest absolute Gasteiger partial charge is 0.322 e. The van der Waals surface area contributed by atoms with E-state index < -0.39 is 6.23 Å². The summed E-state index contributed by atoms with van der Waals surface area (Å²) in [6, 6.07) is 11.1. The largest absolute Gasteiger partial charge is 0.508 e. The van der Waals surface area contributed by atoms with Crippen LogP contribution >= 0.6 is 11.6 Å². The fourth-order valence-electron chi connectivity index (χ4n) is 1.87. The van der Waals surface area contributed by atoms with Gasteiger partial charge >= 0.3 is 6.03 Å². The molecule has 6 heteroatoms. The summed E-state index contributed by atoms with van der Waals surface area (Å²) in [5.74, 6) is 0.706. The Balaban J connectivity index is 1.89. The molecular weight excluding hydrogens is 304 g/mol. The first-order valence-electron chi connectivity index (χ1n) is 6.73. The van der Waals surface area contributed by atoms with Gasteiger partial charge in [-0.05, 0) is 61.9 Å². The molecule has 116 valence electrons. The van der Waals surface area contributed by atoms with Crippen LogP contribution in [0.5, 0.6) is 11.5 Å². The molecule has 2 rings (SSSR count). The summed E-state index contributed by atoms with van der Waals surface area (Å²) in [7, 11) is 0. The van der Waals surface area contributed by atoms with Crippen LogP contribution in [0.4, 0.5) is 10.5 Å². The second-order valence-electron chi connectivity index (χ2n) is 4.81. The number of hydrogen-bond acceptors (Lipinski definition) is 3. The van der Waals surface area contributed by atoms with Crippen LogP contribution in [-0.4, -0.2) is 17.4 Å². The van der Waals surface area contributed by atoms with E-state index in [-0.39, 0.29) is 11.8 Å². The van der Waals surface area contributed by atoms with Crippen LogP contribution < -0.4 is 15.4 Å². The second kappa shape index (κ2) is 7.04. The van der Waals surface area contributed by atoms with E-state index >= 15 is 0 Å². The lowest BCUT2D eigenvalue weighted by atomic mass is 10.2. The molecule has 3 N–H and O–H groups in total. The lowest BCUT2D eigenvalue weighted by Crippen LogP contribution is -2.39. The molecule has 1 unspecified atom stereocenters. The van der Waals surface area contributed by atoms with Crippen molar-refractivity contribution < 1.29 is 14.6 Å². The monoisotopic (exact) mass is 320 g/mol. The number of benzene rings is 2. The number of rotatable bonds is 4. The zero-order chi connectivity index (χ0) is 16.1. The van der Waals surface area contributed by atoms with Crippen molar-refractivity contribution >= 4 is 23.3 Å². The highest BCUT2D eigenvalue weighted by atomic mass is 35.5. The van der Waals surface area contributed by atoms with E-state index in [0.717, 1.165) is 5.56 Å². The van der Waals surface area contributed by atoms with Crippen molar-refractivity contribution in [3.8, 4) is 11.5 Å². The molecule has 2 aromatic carbocycles. The number of amides is 2. The fraction of sp³-hybridized carbons (Fsp3) is 0.188. The highest BCUT2D eigenvalue weighted by Gasteiger charge is 2.10. The van der Waals surface area contributed by atoms with Gasteiger partial charge in [-0.2, -0.15) is 0 Å². The number of urea groups is 1. The Kier molecular flexibility index (Phi) is 5.12. The zero-order valence-electron chi connectivity index (χ0n) is 12.3. The summed E-state index contributed by atoms with van der Waals surface area (Å²) >= 11 is 5.87. The molecule has 0 aliphatic rings. The van der Waals surface area contributed by atoms with Gasteiger partial charge in [-0.25, -0.2) is 4.79 Å². The van der Waals surface area contributed by atoms with Gasteiger partial charge in [0, 0.05) is 10.7 Å². The maximum absolute atomic E-state index is 11.9. The van der Waals surface area contributed by atoms with Gasteiger partial charge in [0.05, 0.1) is 0 Å². The van der Waals surface area contributed by atoms with E-state index in [0.29, 0.717) is 16.5 Å². The number of ether oxygens (including phenoxy) is 1. The molecule has 0 aliphatic heterocycles. The summed E-state index contributed by atoms with van der Waals surface area (Å²) in [5.41, 5.74) is 1.55. The van der Waals surface area contributed by atoms with Crippen LogP contribution in [0.1, 0.15) is 12.5 Å². The topological polar surface area (TPSA) is 70.6 Å². The number of phenols is 1. The van der Waals surface area contributed by atoms with E-state index in [2.05, 4.69) is 10.6 Å². The van der Waals surface area contributed by atoms with Gasteiger partial charge in [-0.3, -0.25) is 0 Å². The van der Waals surface area contributed by atoms with Crippen molar-refractivity contribution in [3.63, 3.8) is 0 Å². The van der Waals surface area contributed by atoms with Gasteiger partial charge in [0.15, 0.2) is 6.23 Å². The average Bonchev–Trinajstić information content (AvgIpc) is 2.44. The molecule has 22 heavy (non-hydrogen) atoms. The van der Waals surface area contributed by atoms with Crippen molar-refractivity contribution in [1.29, 1.82) is 0 Å². The molecule has 0 radical (unpaired) electrons. The minimum Gasteiger partial charge on any atom is -0.508 e. The maximum atomic E-state index is 11.9. The SMILES string of the molecule is Cc1cc(Cl)ccc1NC(=O)NC(C)Oc1ccc(O)cc1. The Morgan fingerprint density at radius 3 is 2.55 bits per heavy atom. The molecule has 2 aromatic rings. The first-order chi connectivity index (χ1) is 10.4. The van der Waals surface area contributed by atoms with Crippen molar-refractivity contribution in [2.24, 2.45) is 0 Å². The predicted molar refractivity (Wildman–Crippen MR) is 86.5 cm³/mol. The average molecular weight is 321 g/mol. The van der Waals surface area contributed by atoms with Crippen LogP contribution in [0, 0.1) is 6.92 Å². The Morgan fingerprint density at radius 2 is 1.91 bits per heavy atom. The van der Waals surface area contributed by atoms with Crippen molar-refractivity contribution in [3.05, 3.63) is 53.1 Å². The highest BCUT2D eigenvalue weighted by molar-refractivity contribution is 6.30.